The Balaban J connectivity index is 1.49. The number of hydrogen-bond acceptors (Lipinski definition) is 4. The van der Waals surface area contributed by atoms with E-state index in [1.165, 1.54) is 6.26 Å². The van der Waals surface area contributed by atoms with Crippen molar-refractivity contribution in [3.05, 3.63) is 52.9 Å². The number of benzene rings is 1. The van der Waals surface area contributed by atoms with Crippen molar-refractivity contribution in [3.8, 4) is 0 Å². The molecule has 7 nitrogen and oxygen atoms in total. The predicted molar refractivity (Wildman–Crippen MR) is 108 cm³/mol. The minimum absolute atomic E-state index is 0.153. The third-order valence-corrected chi connectivity index (χ3v) is 5.11. The molecule has 1 aromatic carbocycles. The quantitative estimate of drug-likeness (QED) is 0.710. The summed E-state index contributed by atoms with van der Waals surface area (Å²) in [6.07, 6.45) is 3.93. The number of furan rings is 1. The molecule has 1 fully saturated rings. The average molecular weight is 448 g/mol. The largest absolute Gasteiger partial charge is 0.459 e. The van der Waals surface area contributed by atoms with Crippen molar-refractivity contribution in [2.45, 2.75) is 31.7 Å². The fourth-order valence-electron chi connectivity index (χ4n) is 3.16. The highest BCUT2D eigenvalue weighted by Gasteiger charge is 2.33. The number of piperidine rings is 1. The van der Waals surface area contributed by atoms with Gasteiger partial charge in [0.1, 0.15) is 6.04 Å². The SMILES string of the molecule is O=C(CCNC(=O)C1CCCCN1C(=O)c1ccco1)Nc1ccc(Br)cc1. The van der Waals surface area contributed by atoms with Crippen molar-refractivity contribution in [3.63, 3.8) is 0 Å². The third kappa shape index (κ3) is 5.22. The van der Waals surface area contributed by atoms with Gasteiger partial charge in [-0.25, -0.2) is 0 Å². The molecule has 8 heteroatoms. The van der Waals surface area contributed by atoms with Crippen molar-refractivity contribution in [2.24, 2.45) is 0 Å². The molecule has 3 rings (SSSR count). The van der Waals surface area contributed by atoms with Gasteiger partial charge in [-0.3, -0.25) is 14.4 Å². The van der Waals surface area contributed by atoms with Crippen LogP contribution in [0.4, 0.5) is 5.69 Å². The van der Waals surface area contributed by atoms with Crippen molar-refractivity contribution >= 4 is 39.3 Å². The van der Waals surface area contributed by atoms with Crippen LogP contribution in [-0.4, -0.2) is 41.8 Å². The Kier molecular flexibility index (Phi) is 6.86. The van der Waals surface area contributed by atoms with E-state index in [2.05, 4.69) is 26.6 Å². The maximum Gasteiger partial charge on any atom is 0.290 e. The summed E-state index contributed by atoms with van der Waals surface area (Å²) in [5.41, 5.74) is 0.696. The maximum atomic E-state index is 12.6. The Morgan fingerprint density at radius 2 is 1.93 bits per heavy atom. The molecule has 0 aliphatic carbocycles. The Bertz CT molecular complexity index is 820. The van der Waals surface area contributed by atoms with Crippen LogP contribution in [0.1, 0.15) is 36.2 Å². The molecular weight excluding hydrogens is 426 g/mol. The Labute approximate surface area is 171 Å². The Morgan fingerprint density at radius 1 is 1.14 bits per heavy atom. The van der Waals surface area contributed by atoms with Crippen LogP contribution in [-0.2, 0) is 9.59 Å². The Hall–Kier alpha value is -2.61. The molecular formula is C20H22BrN3O4. The molecule has 1 unspecified atom stereocenters. The molecule has 1 saturated heterocycles. The van der Waals surface area contributed by atoms with Crippen molar-refractivity contribution in [1.82, 2.24) is 10.2 Å². The predicted octanol–water partition coefficient (Wildman–Crippen LogP) is 3.18. The highest BCUT2D eigenvalue weighted by Crippen LogP contribution is 2.20. The van der Waals surface area contributed by atoms with E-state index in [0.29, 0.717) is 18.7 Å². The summed E-state index contributed by atoms with van der Waals surface area (Å²) in [5.74, 6) is -0.475. The lowest BCUT2D eigenvalue weighted by Gasteiger charge is -2.34. The van der Waals surface area contributed by atoms with Gasteiger partial charge in [0, 0.05) is 29.7 Å². The summed E-state index contributed by atoms with van der Waals surface area (Å²) >= 11 is 3.34. The van der Waals surface area contributed by atoms with E-state index in [1.807, 2.05) is 12.1 Å². The third-order valence-electron chi connectivity index (χ3n) is 4.58. The van der Waals surface area contributed by atoms with Gasteiger partial charge in [0.15, 0.2) is 5.76 Å². The molecule has 1 atom stereocenters. The van der Waals surface area contributed by atoms with Crippen LogP contribution in [0, 0.1) is 0 Å². The number of nitrogens with zero attached hydrogens (tertiary/aromatic N) is 1. The fourth-order valence-corrected chi connectivity index (χ4v) is 3.43. The zero-order chi connectivity index (χ0) is 19.9. The lowest BCUT2D eigenvalue weighted by Crippen LogP contribution is -2.52. The molecule has 1 aliphatic heterocycles. The number of carbonyl (C=O) groups is 3. The number of rotatable bonds is 6. The molecule has 2 aromatic rings. The molecule has 0 bridgehead atoms. The fraction of sp³-hybridized carbons (Fsp3) is 0.350. The van der Waals surface area contributed by atoms with Crippen LogP contribution in [0.25, 0.3) is 0 Å². The second kappa shape index (κ2) is 9.54. The first-order valence-corrected chi connectivity index (χ1v) is 10.0. The van der Waals surface area contributed by atoms with Crippen LogP contribution >= 0.6 is 15.9 Å². The molecule has 3 amide bonds. The topological polar surface area (TPSA) is 91.7 Å². The van der Waals surface area contributed by atoms with Crippen LogP contribution < -0.4 is 10.6 Å². The van der Waals surface area contributed by atoms with Gasteiger partial charge < -0.3 is 20.0 Å². The van der Waals surface area contributed by atoms with Gasteiger partial charge in [-0.05, 0) is 55.7 Å². The molecule has 148 valence electrons. The van der Waals surface area contributed by atoms with Gasteiger partial charge in [0.05, 0.1) is 6.26 Å². The minimum atomic E-state index is -0.541. The van der Waals surface area contributed by atoms with E-state index < -0.39 is 6.04 Å². The number of hydrogen-bond donors (Lipinski definition) is 2. The first kappa shape index (κ1) is 20.1. The molecule has 28 heavy (non-hydrogen) atoms. The van der Waals surface area contributed by atoms with Crippen molar-refractivity contribution in [1.29, 1.82) is 0 Å². The normalized spacial score (nSPS) is 16.5. The number of halogens is 1. The summed E-state index contributed by atoms with van der Waals surface area (Å²) in [4.78, 5) is 38.7. The molecule has 0 radical (unpaired) electrons. The summed E-state index contributed by atoms with van der Waals surface area (Å²) in [6.45, 7) is 0.724. The van der Waals surface area contributed by atoms with E-state index in [4.69, 9.17) is 4.42 Å². The second-order valence-electron chi connectivity index (χ2n) is 6.58. The summed E-state index contributed by atoms with van der Waals surface area (Å²) in [7, 11) is 0. The maximum absolute atomic E-state index is 12.6. The zero-order valence-electron chi connectivity index (χ0n) is 15.3. The summed E-state index contributed by atoms with van der Waals surface area (Å²) in [6, 6.07) is 9.97. The summed E-state index contributed by atoms with van der Waals surface area (Å²) in [5, 5.41) is 5.56. The molecule has 1 aliphatic rings. The molecule has 1 aromatic heterocycles. The molecule has 2 N–H and O–H groups in total. The van der Waals surface area contributed by atoms with Gasteiger partial charge in [-0.2, -0.15) is 0 Å². The zero-order valence-corrected chi connectivity index (χ0v) is 16.9. The first-order valence-electron chi connectivity index (χ1n) is 9.22. The van der Waals surface area contributed by atoms with E-state index in [-0.39, 0.29) is 36.4 Å². The minimum Gasteiger partial charge on any atom is -0.459 e. The molecule has 0 saturated carbocycles. The highest BCUT2D eigenvalue weighted by molar-refractivity contribution is 9.10. The number of anilines is 1. The molecule has 2 heterocycles. The smallest absolute Gasteiger partial charge is 0.290 e. The standard InChI is InChI=1S/C20H22BrN3O4/c21-14-6-8-15(9-7-14)23-18(25)10-11-22-19(26)16-4-1-2-12-24(16)20(27)17-5-3-13-28-17/h3,5-9,13,16H,1-2,4,10-12H2,(H,22,26)(H,23,25). The van der Waals surface area contributed by atoms with Crippen molar-refractivity contribution < 1.29 is 18.8 Å². The number of carbonyl (C=O) groups excluding carboxylic acids is 3. The van der Waals surface area contributed by atoms with Crippen molar-refractivity contribution in [2.75, 3.05) is 18.4 Å². The number of nitrogens with one attached hydrogen (secondary N) is 2. The lowest BCUT2D eigenvalue weighted by atomic mass is 10.0. The Morgan fingerprint density at radius 3 is 2.64 bits per heavy atom. The number of likely N-dealkylation sites (tertiary alicyclic amines) is 1. The van der Waals surface area contributed by atoms with Gasteiger partial charge in [0.2, 0.25) is 11.8 Å². The van der Waals surface area contributed by atoms with Gasteiger partial charge in [0.25, 0.3) is 5.91 Å². The summed E-state index contributed by atoms with van der Waals surface area (Å²) < 4.78 is 6.10. The second-order valence-corrected chi connectivity index (χ2v) is 7.50. The van der Waals surface area contributed by atoms with Crippen LogP contribution in [0.3, 0.4) is 0 Å². The van der Waals surface area contributed by atoms with Gasteiger partial charge in [-0.1, -0.05) is 15.9 Å². The van der Waals surface area contributed by atoms with Crippen LogP contribution in [0.2, 0.25) is 0 Å². The van der Waals surface area contributed by atoms with E-state index in [0.717, 1.165) is 17.3 Å². The molecule has 0 spiro atoms. The van der Waals surface area contributed by atoms with Gasteiger partial charge >= 0.3 is 0 Å². The van der Waals surface area contributed by atoms with Crippen LogP contribution in [0.15, 0.2) is 51.6 Å². The average Bonchev–Trinajstić information content (AvgIpc) is 3.24. The van der Waals surface area contributed by atoms with Crippen LogP contribution in [0.5, 0.6) is 0 Å². The number of amides is 3. The lowest BCUT2D eigenvalue weighted by molar-refractivity contribution is -0.126. The monoisotopic (exact) mass is 447 g/mol. The van der Waals surface area contributed by atoms with E-state index >= 15 is 0 Å². The first-order chi connectivity index (χ1) is 13.5. The highest BCUT2D eigenvalue weighted by atomic mass is 79.9. The van der Waals surface area contributed by atoms with E-state index in [1.54, 1.807) is 29.2 Å². The van der Waals surface area contributed by atoms with E-state index in [9.17, 15) is 14.4 Å². The van der Waals surface area contributed by atoms with Gasteiger partial charge in [-0.15, -0.1) is 0 Å².